The van der Waals surface area contributed by atoms with Crippen molar-refractivity contribution in [3.05, 3.63) is 51.5 Å². The van der Waals surface area contributed by atoms with Crippen molar-refractivity contribution in [3.8, 4) is 11.8 Å². The average Bonchev–Trinajstić information content (AvgIpc) is 3.00. The molecular weight excluding hydrogens is 284 g/mol. The zero-order chi connectivity index (χ0) is 15.1. The Morgan fingerprint density at radius 1 is 1.48 bits per heavy atom. The van der Waals surface area contributed by atoms with Gasteiger partial charge >= 0.3 is 0 Å². The number of carbonyl (C=O) groups excluding carboxylic acids is 1. The van der Waals surface area contributed by atoms with Gasteiger partial charge in [-0.1, -0.05) is 11.8 Å². The van der Waals surface area contributed by atoms with Crippen LogP contribution in [-0.4, -0.2) is 22.6 Å². The normalized spacial score (nSPS) is 9.81. The third kappa shape index (κ3) is 4.42. The van der Waals surface area contributed by atoms with Gasteiger partial charge in [-0.2, -0.15) is 0 Å². The van der Waals surface area contributed by atoms with Crippen LogP contribution in [0.5, 0.6) is 0 Å². The molecule has 0 bridgehead atoms. The number of thiazole rings is 1. The van der Waals surface area contributed by atoms with Gasteiger partial charge < -0.3 is 10.4 Å². The zero-order valence-corrected chi connectivity index (χ0v) is 12.5. The summed E-state index contributed by atoms with van der Waals surface area (Å²) in [4.78, 5) is 17.1. The van der Waals surface area contributed by atoms with Gasteiger partial charge in [-0.3, -0.25) is 9.78 Å². The minimum Gasteiger partial charge on any atom is -0.395 e. The molecule has 0 atom stereocenters. The first-order chi connectivity index (χ1) is 10.2. The molecule has 0 radical (unpaired) electrons. The molecule has 5 heteroatoms. The summed E-state index contributed by atoms with van der Waals surface area (Å²) in [6.45, 7) is 2.47. The van der Waals surface area contributed by atoms with E-state index in [1.54, 1.807) is 17.8 Å². The van der Waals surface area contributed by atoms with E-state index in [1.807, 2.05) is 19.1 Å². The van der Waals surface area contributed by atoms with Gasteiger partial charge in [0.1, 0.15) is 0 Å². The predicted octanol–water partition coefficient (Wildman–Crippen LogP) is 2.12. The van der Waals surface area contributed by atoms with Gasteiger partial charge in [0.05, 0.1) is 18.7 Å². The standard InChI is InChI=1S/C16H16N2O2S/c1-12-8-14(6-5-13(12)4-2-3-7-19)16(20)18-10-15-9-17-11-21-15/h5-6,8-9,11,19H,3,7,10H2,1H3,(H,18,20). The Bertz CT molecular complexity index is 669. The van der Waals surface area contributed by atoms with Crippen molar-refractivity contribution in [2.75, 3.05) is 6.61 Å². The monoisotopic (exact) mass is 300 g/mol. The summed E-state index contributed by atoms with van der Waals surface area (Å²) in [5.74, 6) is 5.75. The number of carbonyl (C=O) groups is 1. The Kier molecular flexibility index (Phi) is 5.50. The highest BCUT2D eigenvalue weighted by Gasteiger charge is 2.07. The summed E-state index contributed by atoms with van der Waals surface area (Å²) in [7, 11) is 0. The maximum atomic E-state index is 12.1. The maximum absolute atomic E-state index is 12.1. The second-order valence-corrected chi connectivity index (χ2v) is 5.43. The van der Waals surface area contributed by atoms with Crippen molar-refractivity contribution < 1.29 is 9.90 Å². The average molecular weight is 300 g/mol. The molecule has 0 saturated heterocycles. The summed E-state index contributed by atoms with van der Waals surface area (Å²) in [5.41, 5.74) is 4.18. The second-order valence-electron chi connectivity index (χ2n) is 4.46. The molecule has 0 aliphatic rings. The molecular formula is C16H16N2O2S. The Morgan fingerprint density at radius 2 is 2.33 bits per heavy atom. The van der Waals surface area contributed by atoms with Crippen molar-refractivity contribution in [1.82, 2.24) is 10.3 Å². The summed E-state index contributed by atoms with van der Waals surface area (Å²) in [5, 5.41) is 11.6. The molecule has 0 spiro atoms. The van der Waals surface area contributed by atoms with Crippen LogP contribution >= 0.6 is 11.3 Å². The lowest BCUT2D eigenvalue weighted by atomic mass is 10.0. The first-order valence-corrected chi connectivity index (χ1v) is 7.44. The van der Waals surface area contributed by atoms with E-state index < -0.39 is 0 Å². The molecule has 0 fully saturated rings. The number of hydrogen-bond donors (Lipinski definition) is 2. The van der Waals surface area contributed by atoms with Crippen molar-refractivity contribution >= 4 is 17.2 Å². The van der Waals surface area contributed by atoms with E-state index in [1.165, 1.54) is 11.3 Å². The van der Waals surface area contributed by atoms with Crippen LogP contribution in [0.3, 0.4) is 0 Å². The van der Waals surface area contributed by atoms with E-state index >= 15 is 0 Å². The van der Waals surface area contributed by atoms with Gasteiger partial charge in [-0.25, -0.2) is 0 Å². The van der Waals surface area contributed by atoms with E-state index in [4.69, 9.17) is 5.11 Å². The van der Waals surface area contributed by atoms with Crippen molar-refractivity contribution in [2.45, 2.75) is 19.9 Å². The van der Waals surface area contributed by atoms with E-state index in [0.717, 1.165) is 16.0 Å². The fourth-order valence-corrected chi connectivity index (χ4v) is 2.29. The second kappa shape index (κ2) is 7.58. The van der Waals surface area contributed by atoms with Gasteiger partial charge in [0.2, 0.25) is 0 Å². The van der Waals surface area contributed by atoms with Crippen molar-refractivity contribution in [3.63, 3.8) is 0 Å². The predicted molar refractivity (Wildman–Crippen MR) is 83.0 cm³/mol. The molecule has 0 unspecified atom stereocenters. The van der Waals surface area contributed by atoms with Crippen LogP contribution in [0.25, 0.3) is 0 Å². The summed E-state index contributed by atoms with van der Waals surface area (Å²) < 4.78 is 0. The quantitative estimate of drug-likeness (QED) is 0.850. The van der Waals surface area contributed by atoms with Gasteiger partial charge in [0.15, 0.2) is 0 Å². The Balaban J connectivity index is 2.02. The molecule has 0 aliphatic heterocycles. The molecule has 2 N–H and O–H groups in total. The molecule has 1 aromatic carbocycles. The summed E-state index contributed by atoms with van der Waals surface area (Å²) in [6, 6.07) is 5.42. The number of hydrogen-bond acceptors (Lipinski definition) is 4. The number of rotatable bonds is 4. The van der Waals surface area contributed by atoms with Gasteiger partial charge in [0.25, 0.3) is 5.91 Å². The molecule has 0 aliphatic carbocycles. The molecule has 0 saturated carbocycles. The lowest BCUT2D eigenvalue weighted by Crippen LogP contribution is -2.22. The Labute approximate surface area is 127 Å². The number of aromatic nitrogens is 1. The van der Waals surface area contributed by atoms with Crippen LogP contribution in [0.2, 0.25) is 0 Å². The minimum atomic E-state index is -0.110. The van der Waals surface area contributed by atoms with Crippen LogP contribution in [0.15, 0.2) is 29.9 Å². The first kappa shape index (κ1) is 15.2. The lowest BCUT2D eigenvalue weighted by molar-refractivity contribution is 0.0951. The van der Waals surface area contributed by atoms with E-state index in [0.29, 0.717) is 18.5 Å². The fraction of sp³-hybridized carbons (Fsp3) is 0.250. The molecule has 108 valence electrons. The molecule has 2 aromatic rings. The highest BCUT2D eigenvalue weighted by Crippen LogP contribution is 2.11. The van der Waals surface area contributed by atoms with Gasteiger partial charge in [-0.15, -0.1) is 11.3 Å². The van der Waals surface area contributed by atoms with Crippen LogP contribution < -0.4 is 5.32 Å². The highest BCUT2D eigenvalue weighted by molar-refractivity contribution is 7.09. The number of nitrogens with one attached hydrogen (secondary N) is 1. The third-order valence-corrected chi connectivity index (χ3v) is 3.63. The molecule has 1 amide bonds. The van der Waals surface area contributed by atoms with Gasteiger partial charge in [-0.05, 0) is 30.7 Å². The summed E-state index contributed by atoms with van der Waals surface area (Å²) >= 11 is 1.51. The van der Waals surface area contributed by atoms with Crippen LogP contribution in [-0.2, 0) is 6.54 Å². The maximum Gasteiger partial charge on any atom is 0.251 e. The summed E-state index contributed by atoms with van der Waals surface area (Å²) in [6.07, 6.45) is 2.20. The van der Waals surface area contributed by atoms with Crippen LogP contribution in [0.1, 0.15) is 32.8 Å². The van der Waals surface area contributed by atoms with Crippen LogP contribution in [0, 0.1) is 18.8 Å². The number of benzene rings is 1. The number of amides is 1. The zero-order valence-electron chi connectivity index (χ0n) is 11.7. The number of aryl methyl sites for hydroxylation is 1. The largest absolute Gasteiger partial charge is 0.395 e. The third-order valence-electron chi connectivity index (χ3n) is 2.86. The fourth-order valence-electron chi connectivity index (χ4n) is 1.76. The number of aliphatic hydroxyl groups excluding tert-OH is 1. The SMILES string of the molecule is Cc1cc(C(=O)NCc2cncs2)ccc1C#CCCO. The smallest absolute Gasteiger partial charge is 0.251 e. The topological polar surface area (TPSA) is 62.2 Å². The number of nitrogens with zero attached hydrogens (tertiary/aromatic N) is 1. The highest BCUT2D eigenvalue weighted by atomic mass is 32.1. The van der Waals surface area contributed by atoms with E-state index in [-0.39, 0.29) is 12.5 Å². The molecule has 2 rings (SSSR count). The van der Waals surface area contributed by atoms with E-state index in [9.17, 15) is 4.79 Å². The van der Waals surface area contributed by atoms with Crippen LogP contribution in [0.4, 0.5) is 0 Å². The van der Waals surface area contributed by atoms with Crippen molar-refractivity contribution in [1.29, 1.82) is 0 Å². The minimum absolute atomic E-state index is 0.0596. The van der Waals surface area contributed by atoms with E-state index in [2.05, 4.69) is 22.1 Å². The Morgan fingerprint density at radius 3 is 3.00 bits per heavy atom. The number of aliphatic hydroxyl groups is 1. The Hall–Kier alpha value is -2.16. The molecule has 4 nitrogen and oxygen atoms in total. The molecule has 1 aromatic heterocycles. The molecule has 1 heterocycles. The lowest BCUT2D eigenvalue weighted by Gasteiger charge is -2.05. The van der Waals surface area contributed by atoms with Crippen molar-refractivity contribution in [2.24, 2.45) is 0 Å². The first-order valence-electron chi connectivity index (χ1n) is 6.56. The molecule has 21 heavy (non-hydrogen) atoms. The van der Waals surface area contributed by atoms with Gasteiger partial charge in [0, 0.05) is 28.6 Å².